The third kappa shape index (κ3) is 1.57. The number of aromatic nitrogens is 2. The lowest BCUT2D eigenvalue weighted by Crippen LogP contribution is -2.24. The lowest BCUT2D eigenvalue weighted by Gasteiger charge is -2.26. The fourth-order valence-corrected chi connectivity index (χ4v) is 1.69. The van der Waals surface area contributed by atoms with Crippen molar-refractivity contribution in [3.8, 4) is 0 Å². The van der Waals surface area contributed by atoms with Crippen LogP contribution in [0.15, 0.2) is 17.5 Å². The molecule has 0 aliphatic heterocycles. The van der Waals surface area contributed by atoms with Gasteiger partial charge in [-0.25, -0.2) is 4.98 Å². The van der Waals surface area contributed by atoms with E-state index in [2.05, 4.69) is 10.1 Å². The highest BCUT2D eigenvalue weighted by Crippen LogP contribution is 2.27. The third-order valence-corrected chi connectivity index (χ3v) is 2.73. The molecule has 76 valence electrons. The van der Waals surface area contributed by atoms with E-state index in [1.54, 1.807) is 6.20 Å². The van der Waals surface area contributed by atoms with Gasteiger partial charge in [0.2, 0.25) is 5.84 Å². The van der Waals surface area contributed by atoms with Gasteiger partial charge in [-0.1, -0.05) is 11.6 Å². The summed E-state index contributed by atoms with van der Waals surface area (Å²) in [6, 6.07) is 0. The fraction of sp³-hybridized carbons (Fsp3) is 0.556. The first-order valence-electron chi connectivity index (χ1n) is 4.80. The van der Waals surface area contributed by atoms with Crippen LogP contribution in [0.5, 0.6) is 0 Å². The van der Waals surface area contributed by atoms with Gasteiger partial charge in [-0.2, -0.15) is 0 Å². The van der Waals surface area contributed by atoms with Crippen molar-refractivity contribution in [2.24, 2.45) is 16.8 Å². The minimum absolute atomic E-state index is 0.0781. The lowest BCUT2D eigenvalue weighted by molar-refractivity contribution is 0.275. The zero-order valence-electron chi connectivity index (χ0n) is 7.93. The standard InChI is InChI=1S/C9H14N4O/c10-8(12-14)9-11-4-5-13(9)6-7-2-1-3-7/h4-5,7,14H,1-3,6H2,(H2,10,12). The molecule has 0 spiro atoms. The molecule has 5 nitrogen and oxygen atoms in total. The number of amidine groups is 1. The maximum Gasteiger partial charge on any atom is 0.206 e. The molecule has 3 N–H and O–H groups in total. The molecule has 0 atom stereocenters. The van der Waals surface area contributed by atoms with E-state index >= 15 is 0 Å². The molecule has 1 aliphatic rings. The average molecular weight is 194 g/mol. The Balaban J connectivity index is 2.12. The van der Waals surface area contributed by atoms with Crippen molar-refractivity contribution in [1.29, 1.82) is 0 Å². The Morgan fingerprint density at radius 2 is 2.50 bits per heavy atom. The van der Waals surface area contributed by atoms with Crippen LogP contribution in [0, 0.1) is 5.92 Å². The summed E-state index contributed by atoms with van der Waals surface area (Å²) < 4.78 is 1.94. The van der Waals surface area contributed by atoms with Crippen LogP contribution >= 0.6 is 0 Å². The van der Waals surface area contributed by atoms with E-state index in [0.29, 0.717) is 5.82 Å². The second-order valence-electron chi connectivity index (χ2n) is 3.69. The molecule has 0 aromatic carbocycles. The largest absolute Gasteiger partial charge is 0.409 e. The Kier molecular flexibility index (Phi) is 2.39. The van der Waals surface area contributed by atoms with Gasteiger partial charge in [0.15, 0.2) is 5.82 Å². The monoisotopic (exact) mass is 194 g/mol. The molecule has 0 unspecified atom stereocenters. The molecule has 1 aromatic rings. The van der Waals surface area contributed by atoms with Crippen molar-refractivity contribution in [3.05, 3.63) is 18.2 Å². The van der Waals surface area contributed by atoms with E-state index in [4.69, 9.17) is 10.9 Å². The summed E-state index contributed by atoms with van der Waals surface area (Å²) in [7, 11) is 0. The van der Waals surface area contributed by atoms with Crippen molar-refractivity contribution < 1.29 is 5.21 Å². The molecule has 0 saturated heterocycles. The van der Waals surface area contributed by atoms with E-state index in [9.17, 15) is 0 Å². The van der Waals surface area contributed by atoms with Gasteiger partial charge in [-0.05, 0) is 18.8 Å². The van der Waals surface area contributed by atoms with Crippen LogP contribution in [0.2, 0.25) is 0 Å². The van der Waals surface area contributed by atoms with Gasteiger partial charge in [0.25, 0.3) is 0 Å². The summed E-state index contributed by atoms with van der Waals surface area (Å²) in [4.78, 5) is 4.05. The van der Waals surface area contributed by atoms with Gasteiger partial charge >= 0.3 is 0 Å². The van der Waals surface area contributed by atoms with Gasteiger partial charge in [0.1, 0.15) is 0 Å². The van der Waals surface area contributed by atoms with E-state index in [1.807, 2.05) is 10.8 Å². The van der Waals surface area contributed by atoms with E-state index in [0.717, 1.165) is 12.5 Å². The number of hydrogen-bond donors (Lipinski definition) is 2. The van der Waals surface area contributed by atoms with Crippen LogP contribution in [0.4, 0.5) is 0 Å². The topological polar surface area (TPSA) is 76.4 Å². The van der Waals surface area contributed by atoms with E-state index < -0.39 is 0 Å². The van der Waals surface area contributed by atoms with Crippen LogP contribution in [0.25, 0.3) is 0 Å². The maximum absolute atomic E-state index is 8.55. The molecule has 1 aliphatic carbocycles. The number of hydrogen-bond acceptors (Lipinski definition) is 3. The highest BCUT2D eigenvalue weighted by molar-refractivity contribution is 5.93. The second-order valence-corrected chi connectivity index (χ2v) is 3.69. The zero-order chi connectivity index (χ0) is 9.97. The van der Waals surface area contributed by atoms with Crippen LogP contribution in [0.1, 0.15) is 25.1 Å². The van der Waals surface area contributed by atoms with Gasteiger partial charge in [-0.15, -0.1) is 0 Å². The van der Waals surface area contributed by atoms with Crippen molar-refractivity contribution in [2.45, 2.75) is 25.8 Å². The SMILES string of the molecule is NC(=NO)c1nccn1CC1CCC1. The van der Waals surface area contributed by atoms with Crippen LogP contribution < -0.4 is 5.73 Å². The van der Waals surface area contributed by atoms with Crippen molar-refractivity contribution >= 4 is 5.84 Å². The normalized spacial score (nSPS) is 18.1. The summed E-state index contributed by atoms with van der Waals surface area (Å²) in [6.45, 7) is 0.922. The first kappa shape index (κ1) is 9.05. The highest BCUT2D eigenvalue weighted by Gasteiger charge is 2.19. The average Bonchev–Trinajstić information content (AvgIpc) is 2.58. The van der Waals surface area contributed by atoms with E-state index in [1.165, 1.54) is 19.3 Å². The van der Waals surface area contributed by atoms with Crippen LogP contribution in [-0.2, 0) is 6.54 Å². The Bertz CT molecular complexity index is 340. The highest BCUT2D eigenvalue weighted by atomic mass is 16.4. The van der Waals surface area contributed by atoms with Gasteiger partial charge < -0.3 is 15.5 Å². The van der Waals surface area contributed by atoms with Crippen LogP contribution in [0.3, 0.4) is 0 Å². The summed E-state index contributed by atoms with van der Waals surface area (Å²) in [5.74, 6) is 1.36. The third-order valence-electron chi connectivity index (χ3n) is 2.73. The number of imidazole rings is 1. The number of nitrogens with zero attached hydrogens (tertiary/aromatic N) is 3. The zero-order valence-corrected chi connectivity index (χ0v) is 7.93. The van der Waals surface area contributed by atoms with Gasteiger partial charge in [0.05, 0.1) is 0 Å². The molecule has 0 bridgehead atoms. The Hall–Kier alpha value is -1.52. The molecule has 5 heteroatoms. The quantitative estimate of drug-likeness (QED) is 0.323. The Morgan fingerprint density at radius 3 is 3.07 bits per heavy atom. The summed E-state index contributed by atoms with van der Waals surface area (Å²) in [5.41, 5.74) is 5.49. The van der Waals surface area contributed by atoms with Gasteiger partial charge in [0, 0.05) is 18.9 Å². The van der Waals surface area contributed by atoms with Gasteiger partial charge in [-0.3, -0.25) is 0 Å². The van der Waals surface area contributed by atoms with Crippen molar-refractivity contribution in [3.63, 3.8) is 0 Å². The fourth-order valence-electron chi connectivity index (χ4n) is 1.69. The summed E-state index contributed by atoms with van der Waals surface area (Å²) in [6.07, 6.45) is 7.40. The Labute approximate surface area is 82.2 Å². The molecule has 1 fully saturated rings. The molecular formula is C9H14N4O. The molecule has 1 saturated carbocycles. The maximum atomic E-state index is 8.55. The predicted octanol–water partition coefficient (Wildman–Crippen LogP) is 0.778. The van der Waals surface area contributed by atoms with Crippen LogP contribution in [-0.4, -0.2) is 20.6 Å². The van der Waals surface area contributed by atoms with Crippen molar-refractivity contribution in [2.75, 3.05) is 0 Å². The van der Waals surface area contributed by atoms with Crippen molar-refractivity contribution in [1.82, 2.24) is 9.55 Å². The number of rotatable bonds is 3. The Morgan fingerprint density at radius 1 is 1.71 bits per heavy atom. The number of oxime groups is 1. The first-order chi connectivity index (χ1) is 6.81. The lowest BCUT2D eigenvalue weighted by atomic mass is 9.85. The molecule has 1 aromatic heterocycles. The minimum Gasteiger partial charge on any atom is -0.409 e. The molecule has 0 amide bonds. The molecule has 14 heavy (non-hydrogen) atoms. The predicted molar refractivity (Wildman–Crippen MR) is 52.1 cm³/mol. The summed E-state index contributed by atoms with van der Waals surface area (Å²) in [5, 5.41) is 11.5. The minimum atomic E-state index is 0.0781. The molecule has 0 radical (unpaired) electrons. The van der Waals surface area contributed by atoms with E-state index in [-0.39, 0.29) is 5.84 Å². The summed E-state index contributed by atoms with van der Waals surface area (Å²) >= 11 is 0. The second kappa shape index (κ2) is 3.69. The molecular weight excluding hydrogens is 180 g/mol. The first-order valence-corrected chi connectivity index (χ1v) is 4.80. The number of nitrogens with two attached hydrogens (primary N) is 1. The molecule has 1 heterocycles. The molecule has 2 rings (SSSR count). The smallest absolute Gasteiger partial charge is 0.206 e.